The molecule has 0 spiro atoms. The zero-order valence-corrected chi connectivity index (χ0v) is 67.2. The average molecular weight is 1610 g/mol. The van der Waals surface area contributed by atoms with E-state index in [-0.39, 0.29) is 39.6 Å². The molecule has 0 aromatic carbocycles. The van der Waals surface area contributed by atoms with Crippen LogP contribution in [0.1, 0.15) is 0 Å². The molecule has 16 bridgehead atoms. The third kappa shape index (κ3) is 19.8. The van der Waals surface area contributed by atoms with E-state index in [0.717, 1.165) is 0 Å². The summed E-state index contributed by atoms with van der Waals surface area (Å²) in [4.78, 5) is 0. The van der Waals surface area contributed by atoms with Crippen molar-refractivity contribution in [1.82, 2.24) is 0 Å². The molecule has 0 aliphatic carbocycles. The van der Waals surface area contributed by atoms with Gasteiger partial charge in [0.1, 0.15) is 195 Å². The maximum atomic E-state index is 11.4. The van der Waals surface area contributed by atoms with Crippen molar-refractivity contribution < 1.29 is 190 Å². The normalized spacial score (nSPS) is 46.7. The summed E-state index contributed by atoms with van der Waals surface area (Å²) < 4.78 is 245. The van der Waals surface area contributed by atoms with Gasteiger partial charge in [0.25, 0.3) is 0 Å². The van der Waals surface area contributed by atoms with Crippen molar-refractivity contribution in [2.45, 2.75) is 246 Å². The molecule has 0 amide bonds. The molecule has 30 rings (SSSR count). The Morgan fingerprint density at radius 3 is 0.364 bits per heavy atom. The van der Waals surface area contributed by atoms with Crippen LogP contribution in [0.4, 0.5) is 0 Å². The fourth-order valence-corrected chi connectivity index (χ4v) is 16.7. The first-order valence-electron chi connectivity index (χ1n) is 36.6. The number of aliphatic hydroxyl groups excluding tert-OH is 2. The number of hydrogen-bond donors (Lipinski definition) is 2. The van der Waals surface area contributed by atoms with Crippen LogP contribution >= 0.6 is 0 Å². The minimum atomic E-state index is -1.35. The first-order chi connectivity index (χ1) is 53.5. The summed E-state index contributed by atoms with van der Waals surface area (Å²) in [5, 5.41) is 22.7. The molecule has 30 saturated heterocycles. The predicted molar refractivity (Wildman–Crippen MR) is 366 cm³/mol. The Kier molecular flexibility index (Phi) is 37.7. The van der Waals surface area contributed by atoms with E-state index in [1.165, 1.54) is 156 Å². The lowest BCUT2D eigenvalue weighted by Crippen LogP contribution is -2.70. The Labute approximate surface area is 643 Å². The molecule has 0 unspecified atom stereocenters. The third-order valence-electron chi connectivity index (χ3n) is 21.8. The Balaban J connectivity index is 1.11. The number of aliphatic hydroxyl groups is 2. The van der Waals surface area contributed by atoms with Gasteiger partial charge in [-0.15, -0.1) is 0 Å². The monoisotopic (exact) mass is 1600 g/mol. The van der Waals surface area contributed by atoms with Crippen LogP contribution in [-0.2, 0) is 180 Å². The topological polar surface area (TPSA) is 391 Å². The van der Waals surface area contributed by atoms with Crippen molar-refractivity contribution >= 4 is 0 Å². The highest BCUT2D eigenvalue weighted by Crippen LogP contribution is 2.44. The molecule has 0 radical (unpaired) electrons. The molecule has 40 nitrogen and oxygen atoms in total. The van der Waals surface area contributed by atoms with Crippen LogP contribution in [0, 0.1) is 0 Å². The van der Waals surface area contributed by atoms with Crippen LogP contribution in [0.3, 0.4) is 0 Å². The van der Waals surface area contributed by atoms with Gasteiger partial charge < -0.3 is 190 Å². The molecule has 0 aromatic rings. The Morgan fingerprint density at radius 1 is 0.155 bits per heavy atom. The van der Waals surface area contributed by atoms with Crippen molar-refractivity contribution in [2.24, 2.45) is 0 Å². The lowest BCUT2D eigenvalue weighted by Gasteiger charge is -2.53. The van der Waals surface area contributed by atoms with E-state index in [0.29, 0.717) is 0 Å². The quantitative estimate of drug-likeness (QED) is 0.0723. The third-order valence-corrected chi connectivity index (χ3v) is 21.8. The van der Waals surface area contributed by atoms with Crippen molar-refractivity contribution in [1.29, 1.82) is 0 Å². The first kappa shape index (κ1) is 92.3. The summed E-state index contributed by atoms with van der Waals surface area (Å²) in [5.74, 6) is 0. The average Bonchev–Trinajstić information content (AvgIpc) is 0.764. The van der Waals surface area contributed by atoms with Gasteiger partial charge in [0.15, 0.2) is 50.3 Å². The maximum absolute atomic E-state index is 11.4. The van der Waals surface area contributed by atoms with Gasteiger partial charge in [0.2, 0.25) is 0 Å². The fourth-order valence-electron chi connectivity index (χ4n) is 16.7. The van der Waals surface area contributed by atoms with Gasteiger partial charge in [0.05, 0.1) is 52.9 Å². The van der Waals surface area contributed by atoms with Crippen molar-refractivity contribution in [3.05, 3.63) is 0 Å². The SMILES string of the molecule is COC[C@H]1O[C@@H]2O[C@H]3[C@H](OC)[C@@H](OC)[C@@H](O[C@H]4[C@H](OC)[C@@H](OC)[C@@H](O[C@H]5[C@H](OC)[C@@H](OC)[C@@H](O[C@H]6[C@H](OC)[C@@H](OC)[C@@H](O[C@H]7[C@H](OC)[C@@H](OC)[C@@H](O[C@H]8[C@H](OC)[C@@H](OC)[C@@H](O[C@H]9[C@H](OC)[C@@H](OC)[C@@H](O[C@H]1[C@H](OC)[C@H]2OC)O[C@@H]9CO)O[C@@H]8COC)O[C@@H]7COC)O[C@@H]6COC)O[C@@H]5COC)O[C@@H]4COC)O[C@@H]3CO. The summed E-state index contributed by atoms with van der Waals surface area (Å²) in [6, 6.07) is 0. The highest BCUT2D eigenvalue weighted by atomic mass is 16.8. The first-order valence-corrected chi connectivity index (χ1v) is 36.6. The van der Waals surface area contributed by atoms with Crippen LogP contribution in [0.15, 0.2) is 0 Å². The lowest BCUT2D eigenvalue weighted by molar-refractivity contribution is -0.409. The van der Waals surface area contributed by atoms with E-state index in [4.69, 9.17) is 180 Å². The van der Waals surface area contributed by atoms with Gasteiger partial charge in [-0.05, 0) is 0 Å². The second kappa shape index (κ2) is 45.0. The van der Waals surface area contributed by atoms with Crippen LogP contribution in [0.5, 0.6) is 0 Å². The Bertz CT molecular complexity index is 2540. The van der Waals surface area contributed by atoms with Gasteiger partial charge in [-0.25, -0.2) is 0 Å². The fraction of sp³-hybridized carbons (Fsp3) is 1.00. The lowest BCUT2D eigenvalue weighted by atomic mass is 9.94. The largest absolute Gasteiger partial charge is 0.394 e. The number of ether oxygens (including phenoxy) is 38. The molecule has 2 N–H and O–H groups in total. The van der Waals surface area contributed by atoms with Crippen molar-refractivity contribution in [3.63, 3.8) is 0 Å². The summed E-state index contributed by atoms with van der Waals surface area (Å²) in [6.07, 6.45) is -44.5. The zero-order chi connectivity index (χ0) is 79.6. The zero-order valence-electron chi connectivity index (χ0n) is 67.2. The molecule has 40 atom stereocenters. The second-order valence-corrected chi connectivity index (χ2v) is 27.5. The second-order valence-electron chi connectivity index (χ2n) is 27.5. The number of methoxy groups -OCH3 is 22. The Hall–Kier alpha value is -1.60. The van der Waals surface area contributed by atoms with Crippen LogP contribution in [-0.4, -0.2) is 465 Å². The van der Waals surface area contributed by atoms with Crippen LogP contribution < -0.4 is 0 Å². The van der Waals surface area contributed by atoms with Crippen molar-refractivity contribution in [2.75, 3.05) is 209 Å². The van der Waals surface area contributed by atoms with E-state index in [2.05, 4.69) is 0 Å². The Morgan fingerprint density at radius 2 is 0.264 bits per heavy atom. The van der Waals surface area contributed by atoms with Gasteiger partial charge in [-0.1, -0.05) is 0 Å². The van der Waals surface area contributed by atoms with E-state index in [1.54, 1.807) is 0 Å². The minimum Gasteiger partial charge on any atom is -0.394 e. The number of hydrogen-bond acceptors (Lipinski definition) is 40. The molecule has 40 heteroatoms. The van der Waals surface area contributed by atoms with Crippen molar-refractivity contribution in [3.8, 4) is 0 Å². The molecule has 0 aromatic heterocycles. The van der Waals surface area contributed by atoms with Crippen LogP contribution in [0.2, 0.25) is 0 Å². The van der Waals surface area contributed by atoms with E-state index in [9.17, 15) is 10.2 Å². The molecule has 30 fully saturated rings. The molecule has 30 heterocycles. The van der Waals surface area contributed by atoms with Gasteiger partial charge in [-0.3, -0.25) is 0 Å². The van der Waals surface area contributed by atoms with Crippen LogP contribution in [0.25, 0.3) is 0 Å². The standard InChI is InChI=1S/C70H124O40/c1-73-25-33-41-49(81-9)57(89-17)65(97-33)103-39-31(23-71)96-64(56(88-16)47(39)79-7)106-42-34(26-74-2)99-67(59(91-19)50(42)82-10)108-44-36(28-76-4)101-69(61(93-21)52(44)84-12)110-46-38(30-78-6)102-70(62(94-22)54(46)86-14)109-45-37(29-77-5)100-68(60(92-20)53(45)85-13)107-43-35(27-75-3)98-66(58(90-18)51(43)83-11)104-40-32(24-72)95-63(105-41)55(87-15)48(40)80-8/h31-72H,23-30H2,1-22H3/t31-,32-,33-,34-,35-,36-,37-,38-,39-,40-,41-,42-,43-,44-,45-,46-,47+,48+,49+,50+,51+,52+,53+,54+,55-,56-,57-,58-,59-,60-,61-,62-,63-,64-,65-,66-,67-,68-,69-,70-/m1/s1. The van der Waals surface area contributed by atoms with Gasteiger partial charge >= 0.3 is 0 Å². The molecular weight excluding hydrogens is 1480 g/mol. The number of rotatable bonds is 30. The molecule has 110 heavy (non-hydrogen) atoms. The summed E-state index contributed by atoms with van der Waals surface area (Å²) in [5.41, 5.74) is 0. The van der Waals surface area contributed by atoms with E-state index >= 15 is 0 Å². The molecular formula is C70H124O40. The minimum absolute atomic E-state index is 0.0711. The highest BCUT2D eigenvalue weighted by molar-refractivity contribution is 5.05. The summed E-state index contributed by atoms with van der Waals surface area (Å²) in [6.45, 7) is -1.79. The molecule has 30 aliphatic rings. The van der Waals surface area contributed by atoms with Gasteiger partial charge in [0, 0.05) is 156 Å². The summed E-state index contributed by atoms with van der Waals surface area (Å²) in [7, 11) is 32.4. The summed E-state index contributed by atoms with van der Waals surface area (Å²) >= 11 is 0. The smallest absolute Gasteiger partial charge is 0.187 e. The molecule has 644 valence electrons. The predicted octanol–water partition coefficient (Wildman–Crippen LogP) is -3.02. The molecule has 0 saturated carbocycles. The van der Waals surface area contributed by atoms with E-state index < -0.39 is 259 Å². The van der Waals surface area contributed by atoms with E-state index in [1.807, 2.05) is 0 Å². The molecule has 30 aliphatic heterocycles. The van der Waals surface area contributed by atoms with Gasteiger partial charge in [-0.2, -0.15) is 0 Å². The maximum Gasteiger partial charge on any atom is 0.187 e. The highest BCUT2D eigenvalue weighted by Gasteiger charge is 2.63.